The molecule has 1 heterocycles. The molecular formula is C28H27N3O3. The number of carbonyl (C=O) groups is 2. The van der Waals surface area contributed by atoms with E-state index in [0.29, 0.717) is 35.9 Å². The van der Waals surface area contributed by atoms with Crippen LogP contribution in [0.25, 0.3) is 22.6 Å². The quantitative estimate of drug-likeness (QED) is 0.339. The molecule has 34 heavy (non-hydrogen) atoms. The number of para-hydroxylation sites is 1. The Morgan fingerprint density at radius 3 is 2.21 bits per heavy atom. The number of aromatic nitrogens is 1. The zero-order valence-electron chi connectivity index (χ0n) is 19.1. The predicted octanol–water partition coefficient (Wildman–Crippen LogP) is 5.72. The van der Waals surface area contributed by atoms with Gasteiger partial charge in [-0.1, -0.05) is 79.7 Å². The van der Waals surface area contributed by atoms with Crippen LogP contribution in [-0.4, -0.2) is 23.3 Å². The number of rotatable bonds is 9. The van der Waals surface area contributed by atoms with E-state index in [0.717, 1.165) is 23.2 Å². The molecule has 0 spiro atoms. The summed E-state index contributed by atoms with van der Waals surface area (Å²) in [5, 5.41) is 5.70. The number of nitrogens with one attached hydrogen (secondary N) is 2. The third kappa shape index (κ3) is 5.59. The normalized spacial score (nSPS) is 10.6. The molecular weight excluding hydrogens is 426 g/mol. The summed E-state index contributed by atoms with van der Waals surface area (Å²) in [5.74, 6) is 0.754. The molecule has 0 aliphatic rings. The third-order valence-corrected chi connectivity index (χ3v) is 5.30. The molecule has 6 nitrogen and oxygen atoms in total. The number of carbonyl (C=O) groups excluding carboxylic acids is 2. The van der Waals surface area contributed by atoms with Crippen molar-refractivity contribution >= 4 is 17.5 Å². The zero-order valence-corrected chi connectivity index (χ0v) is 19.1. The second-order valence-electron chi connectivity index (χ2n) is 7.87. The van der Waals surface area contributed by atoms with Crippen molar-refractivity contribution in [2.24, 2.45) is 0 Å². The van der Waals surface area contributed by atoms with E-state index < -0.39 is 0 Å². The monoisotopic (exact) mass is 453 g/mol. The lowest BCUT2D eigenvalue weighted by Gasteiger charge is -2.10. The van der Waals surface area contributed by atoms with Crippen LogP contribution in [-0.2, 0) is 11.2 Å². The fraction of sp³-hybridized carbons (Fsp3) is 0.179. The largest absolute Gasteiger partial charge is 0.440 e. The molecule has 0 saturated heterocycles. The van der Waals surface area contributed by atoms with Crippen LogP contribution >= 0.6 is 0 Å². The van der Waals surface area contributed by atoms with Crippen molar-refractivity contribution in [3.05, 3.63) is 96.4 Å². The van der Waals surface area contributed by atoms with E-state index in [9.17, 15) is 9.59 Å². The van der Waals surface area contributed by atoms with E-state index in [-0.39, 0.29) is 18.2 Å². The highest BCUT2D eigenvalue weighted by molar-refractivity contribution is 6.03. The smallest absolute Gasteiger partial charge is 0.253 e. The van der Waals surface area contributed by atoms with Gasteiger partial charge in [0.2, 0.25) is 5.91 Å². The van der Waals surface area contributed by atoms with Gasteiger partial charge in [0.25, 0.3) is 5.91 Å². The summed E-state index contributed by atoms with van der Waals surface area (Å²) in [7, 11) is 0. The molecule has 1 aromatic heterocycles. The minimum Gasteiger partial charge on any atom is -0.440 e. The topological polar surface area (TPSA) is 84.2 Å². The van der Waals surface area contributed by atoms with Crippen molar-refractivity contribution < 1.29 is 14.0 Å². The molecule has 0 unspecified atom stereocenters. The van der Waals surface area contributed by atoms with E-state index in [2.05, 4.69) is 10.6 Å². The van der Waals surface area contributed by atoms with Gasteiger partial charge in [-0.05, 0) is 18.6 Å². The minimum atomic E-state index is -0.212. The highest BCUT2D eigenvalue weighted by Crippen LogP contribution is 2.32. The Balaban J connectivity index is 1.49. The average molecular weight is 454 g/mol. The molecule has 4 aromatic rings. The third-order valence-electron chi connectivity index (χ3n) is 5.30. The number of nitrogens with zero attached hydrogens (tertiary/aromatic N) is 1. The number of aryl methyl sites for hydroxylation is 1. The van der Waals surface area contributed by atoms with E-state index in [1.165, 1.54) is 0 Å². The summed E-state index contributed by atoms with van der Waals surface area (Å²) in [5.41, 5.74) is 3.56. The second kappa shape index (κ2) is 11.1. The van der Waals surface area contributed by atoms with E-state index in [1.807, 2.05) is 67.6 Å². The van der Waals surface area contributed by atoms with Gasteiger partial charge >= 0.3 is 0 Å². The standard InChI is InChI=1S/C28H27N3O3/c1-2-19-29-28(33)22-15-9-10-16-23(22)30-24(32)17-18-25-31-26(20-11-5-3-6-12-20)27(34-25)21-13-7-4-8-14-21/h3-16H,2,17-19H2,1H3,(H,29,33)(H,30,32). The van der Waals surface area contributed by atoms with E-state index in [1.54, 1.807) is 24.3 Å². The molecule has 172 valence electrons. The first-order chi connectivity index (χ1) is 16.7. The van der Waals surface area contributed by atoms with Crippen LogP contribution in [0.15, 0.2) is 89.3 Å². The van der Waals surface area contributed by atoms with Gasteiger partial charge in [-0.3, -0.25) is 9.59 Å². The van der Waals surface area contributed by atoms with E-state index >= 15 is 0 Å². The molecule has 0 atom stereocenters. The Bertz CT molecular complexity index is 1190. The molecule has 0 saturated carbocycles. The highest BCUT2D eigenvalue weighted by atomic mass is 16.4. The van der Waals surface area contributed by atoms with Crippen molar-refractivity contribution in [3.63, 3.8) is 0 Å². The maximum Gasteiger partial charge on any atom is 0.253 e. The van der Waals surface area contributed by atoms with Gasteiger partial charge in [0.05, 0.1) is 11.3 Å². The zero-order chi connectivity index (χ0) is 23.8. The minimum absolute atomic E-state index is 0.174. The van der Waals surface area contributed by atoms with Crippen molar-refractivity contribution in [3.8, 4) is 22.6 Å². The summed E-state index contributed by atoms with van der Waals surface area (Å²) in [6, 6.07) is 26.7. The summed E-state index contributed by atoms with van der Waals surface area (Å²) < 4.78 is 6.11. The summed E-state index contributed by atoms with van der Waals surface area (Å²) >= 11 is 0. The Morgan fingerprint density at radius 1 is 0.853 bits per heavy atom. The van der Waals surface area contributed by atoms with Crippen molar-refractivity contribution in [2.45, 2.75) is 26.2 Å². The molecule has 0 aliphatic heterocycles. The van der Waals surface area contributed by atoms with Crippen LogP contribution in [0.4, 0.5) is 5.69 Å². The molecule has 0 aliphatic carbocycles. The van der Waals surface area contributed by atoms with Crippen molar-refractivity contribution in [2.75, 3.05) is 11.9 Å². The SMILES string of the molecule is CCCNC(=O)c1ccccc1NC(=O)CCc1nc(-c2ccccc2)c(-c2ccccc2)o1. The number of hydrogen-bond acceptors (Lipinski definition) is 4. The first-order valence-corrected chi connectivity index (χ1v) is 11.4. The van der Waals surface area contributed by atoms with Crippen LogP contribution in [0.1, 0.15) is 36.0 Å². The fourth-order valence-electron chi connectivity index (χ4n) is 3.61. The Morgan fingerprint density at radius 2 is 1.50 bits per heavy atom. The van der Waals surface area contributed by atoms with Crippen LogP contribution in [0.2, 0.25) is 0 Å². The van der Waals surface area contributed by atoms with Crippen molar-refractivity contribution in [1.82, 2.24) is 10.3 Å². The van der Waals surface area contributed by atoms with Gasteiger partial charge in [-0.15, -0.1) is 0 Å². The molecule has 6 heteroatoms. The molecule has 0 bridgehead atoms. The van der Waals surface area contributed by atoms with Gasteiger partial charge in [-0.25, -0.2) is 4.98 Å². The second-order valence-corrected chi connectivity index (χ2v) is 7.87. The average Bonchev–Trinajstić information content (AvgIpc) is 3.32. The van der Waals surface area contributed by atoms with E-state index in [4.69, 9.17) is 9.40 Å². The number of hydrogen-bond donors (Lipinski definition) is 2. The summed E-state index contributed by atoms with van der Waals surface area (Å²) in [4.78, 5) is 29.8. The molecule has 3 aromatic carbocycles. The Hall–Kier alpha value is -4.19. The molecule has 0 fully saturated rings. The molecule has 4 rings (SSSR count). The van der Waals surface area contributed by atoms with Crippen molar-refractivity contribution in [1.29, 1.82) is 0 Å². The first-order valence-electron chi connectivity index (χ1n) is 11.4. The summed E-state index contributed by atoms with van der Waals surface area (Å²) in [6.45, 7) is 2.57. The predicted molar refractivity (Wildman–Crippen MR) is 133 cm³/mol. The Kier molecular flexibility index (Phi) is 7.50. The maximum atomic E-state index is 12.7. The van der Waals surface area contributed by atoms with Crippen LogP contribution < -0.4 is 10.6 Å². The fourth-order valence-corrected chi connectivity index (χ4v) is 3.61. The number of benzene rings is 3. The van der Waals surface area contributed by atoms with Gasteiger partial charge in [-0.2, -0.15) is 0 Å². The van der Waals surface area contributed by atoms with Gasteiger partial charge in [0.1, 0.15) is 5.69 Å². The number of oxazole rings is 1. The van der Waals surface area contributed by atoms with Gasteiger partial charge in [0.15, 0.2) is 11.7 Å². The molecule has 0 radical (unpaired) electrons. The lowest BCUT2D eigenvalue weighted by Crippen LogP contribution is -2.25. The number of amides is 2. The van der Waals surface area contributed by atoms with Crippen LogP contribution in [0.5, 0.6) is 0 Å². The lowest BCUT2D eigenvalue weighted by atomic mass is 10.1. The van der Waals surface area contributed by atoms with Crippen LogP contribution in [0, 0.1) is 0 Å². The molecule has 2 amide bonds. The lowest BCUT2D eigenvalue weighted by molar-refractivity contribution is -0.116. The van der Waals surface area contributed by atoms with Gasteiger partial charge in [0, 0.05) is 30.5 Å². The maximum absolute atomic E-state index is 12.7. The first kappa shape index (κ1) is 23.0. The van der Waals surface area contributed by atoms with Gasteiger partial charge < -0.3 is 15.1 Å². The number of anilines is 1. The molecule has 2 N–H and O–H groups in total. The summed E-state index contributed by atoms with van der Waals surface area (Å²) in [6.07, 6.45) is 1.35. The van der Waals surface area contributed by atoms with Crippen LogP contribution in [0.3, 0.4) is 0 Å². The highest BCUT2D eigenvalue weighted by Gasteiger charge is 2.18. The Labute approximate surface area is 199 Å².